The van der Waals surface area contributed by atoms with Crippen molar-refractivity contribution in [3.63, 3.8) is 0 Å². The molecule has 1 aliphatic heterocycles. The zero-order valence-corrected chi connectivity index (χ0v) is 12.5. The Morgan fingerprint density at radius 3 is 2.95 bits per heavy atom. The van der Waals surface area contributed by atoms with Gasteiger partial charge in [-0.1, -0.05) is 0 Å². The van der Waals surface area contributed by atoms with Gasteiger partial charge in [0.2, 0.25) is 0 Å². The molecule has 6 heteroatoms. The van der Waals surface area contributed by atoms with Crippen molar-refractivity contribution in [3.05, 3.63) is 17.5 Å². The molecule has 3 N–H and O–H groups in total. The molecule has 1 unspecified atom stereocenters. The number of nitrogens with zero attached hydrogens (tertiary/aromatic N) is 1. The molecule has 1 amide bonds. The average molecular weight is 299 g/mol. The number of piperidine rings is 1. The Bertz CT molecular complexity index is 438. The summed E-state index contributed by atoms with van der Waals surface area (Å²) >= 11 is 0. The van der Waals surface area contributed by atoms with Gasteiger partial charge in [0.15, 0.2) is 0 Å². The van der Waals surface area contributed by atoms with Crippen molar-refractivity contribution in [1.29, 1.82) is 0 Å². The van der Waals surface area contributed by atoms with Crippen molar-refractivity contribution in [2.75, 3.05) is 19.6 Å². The first-order valence-corrected chi connectivity index (χ1v) is 7.37. The van der Waals surface area contributed by atoms with E-state index in [1.807, 2.05) is 6.07 Å². The SMILES string of the molecule is Cl.O=C(NCCC1CCCNC1)c1cc(C2CC2)[nH]n1. The van der Waals surface area contributed by atoms with Gasteiger partial charge in [-0.15, -0.1) is 12.4 Å². The van der Waals surface area contributed by atoms with Crippen molar-refractivity contribution in [3.8, 4) is 0 Å². The molecule has 1 saturated heterocycles. The van der Waals surface area contributed by atoms with Crippen molar-refractivity contribution in [2.45, 2.75) is 38.0 Å². The predicted octanol–water partition coefficient (Wildman–Crippen LogP) is 1.83. The number of H-pyrrole nitrogens is 1. The number of amides is 1. The molecule has 0 spiro atoms. The Morgan fingerprint density at radius 2 is 2.25 bits per heavy atom. The lowest BCUT2D eigenvalue weighted by Crippen LogP contribution is -2.33. The molecule has 2 aliphatic rings. The third kappa shape index (κ3) is 3.96. The van der Waals surface area contributed by atoms with E-state index in [0.717, 1.165) is 31.7 Å². The first kappa shape index (κ1) is 15.3. The van der Waals surface area contributed by atoms with Crippen LogP contribution in [0.2, 0.25) is 0 Å². The van der Waals surface area contributed by atoms with Crippen LogP contribution in [-0.4, -0.2) is 35.7 Å². The summed E-state index contributed by atoms with van der Waals surface area (Å²) in [5, 5.41) is 13.4. The molecule has 1 aliphatic carbocycles. The molecule has 0 radical (unpaired) electrons. The highest BCUT2D eigenvalue weighted by atomic mass is 35.5. The number of carbonyl (C=O) groups is 1. The number of aromatic amines is 1. The number of rotatable bonds is 5. The van der Waals surface area contributed by atoms with E-state index < -0.39 is 0 Å². The summed E-state index contributed by atoms with van der Waals surface area (Å²) in [6, 6.07) is 1.90. The number of hydrogen-bond acceptors (Lipinski definition) is 3. The van der Waals surface area contributed by atoms with E-state index >= 15 is 0 Å². The van der Waals surface area contributed by atoms with Crippen LogP contribution in [0.5, 0.6) is 0 Å². The third-order valence-corrected chi connectivity index (χ3v) is 4.08. The smallest absolute Gasteiger partial charge is 0.271 e. The molecule has 0 aromatic carbocycles. The number of carbonyl (C=O) groups excluding carboxylic acids is 1. The van der Waals surface area contributed by atoms with Gasteiger partial charge in [-0.3, -0.25) is 9.89 Å². The Hall–Kier alpha value is -1.07. The fourth-order valence-electron chi connectivity index (χ4n) is 2.71. The van der Waals surface area contributed by atoms with Gasteiger partial charge in [-0.2, -0.15) is 5.10 Å². The first-order valence-electron chi connectivity index (χ1n) is 7.37. The van der Waals surface area contributed by atoms with E-state index in [1.54, 1.807) is 0 Å². The molecule has 1 aromatic rings. The zero-order valence-electron chi connectivity index (χ0n) is 11.7. The van der Waals surface area contributed by atoms with Crippen LogP contribution in [0, 0.1) is 5.92 Å². The summed E-state index contributed by atoms with van der Waals surface area (Å²) in [4.78, 5) is 11.9. The van der Waals surface area contributed by atoms with E-state index in [9.17, 15) is 4.79 Å². The number of aromatic nitrogens is 2. The van der Waals surface area contributed by atoms with Gasteiger partial charge in [-0.05, 0) is 57.2 Å². The molecule has 112 valence electrons. The molecule has 5 nitrogen and oxygen atoms in total. The fourth-order valence-corrected chi connectivity index (χ4v) is 2.71. The lowest BCUT2D eigenvalue weighted by atomic mass is 9.96. The Morgan fingerprint density at radius 1 is 1.40 bits per heavy atom. The van der Waals surface area contributed by atoms with Crippen LogP contribution < -0.4 is 10.6 Å². The Balaban J connectivity index is 0.00000147. The van der Waals surface area contributed by atoms with Crippen molar-refractivity contribution in [2.24, 2.45) is 5.92 Å². The molecule has 2 fully saturated rings. The van der Waals surface area contributed by atoms with Crippen LogP contribution in [0.15, 0.2) is 6.07 Å². The van der Waals surface area contributed by atoms with E-state index in [1.165, 1.54) is 25.7 Å². The minimum atomic E-state index is -0.0491. The second kappa shape index (κ2) is 7.09. The summed E-state index contributed by atoms with van der Waals surface area (Å²) in [7, 11) is 0. The quantitative estimate of drug-likeness (QED) is 0.777. The minimum absolute atomic E-state index is 0. The molecule has 1 saturated carbocycles. The summed E-state index contributed by atoms with van der Waals surface area (Å²) in [6.07, 6.45) is 6.02. The Kier molecular flexibility index (Phi) is 5.43. The first-order chi connectivity index (χ1) is 9.33. The monoisotopic (exact) mass is 298 g/mol. The van der Waals surface area contributed by atoms with E-state index in [0.29, 0.717) is 17.5 Å². The van der Waals surface area contributed by atoms with E-state index in [2.05, 4.69) is 20.8 Å². The standard InChI is InChI=1S/C14H22N4O.ClH/c19-14(13-8-12(17-18-13)11-3-4-11)16-7-5-10-2-1-6-15-9-10;/h8,10-11,15H,1-7,9H2,(H,16,19)(H,17,18);1H. The van der Waals surface area contributed by atoms with E-state index in [-0.39, 0.29) is 18.3 Å². The molecule has 3 rings (SSSR count). The molecule has 1 atom stereocenters. The van der Waals surface area contributed by atoms with Crippen LogP contribution >= 0.6 is 12.4 Å². The van der Waals surface area contributed by atoms with Crippen molar-refractivity contribution in [1.82, 2.24) is 20.8 Å². The highest BCUT2D eigenvalue weighted by Crippen LogP contribution is 2.38. The van der Waals surface area contributed by atoms with Crippen molar-refractivity contribution >= 4 is 18.3 Å². The summed E-state index contributed by atoms with van der Waals surface area (Å²) in [5.41, 5.74) is 1.64. The maximum Gasteiger partial charge on any atom is 0.271 e. The lowest BCUT2D eigenvalue weighted by Gasteiger charge is -2.22. The highest BCUT2D eigenvalue weighted by molar-refractivity contribution is 5.92. The summed E-state index contributed by atoms with van der Waals surface area (Å²) in [6.45, 7) is 2.97. The van der Waals surface area contributed by atoms with Crippen LogP contribution in [0.3, 0.4) is 0 Å². The second-order valence-corrected chi connectivity index (χ2v) is 5.74. The van der Waals surface area contributed by atoms with Gasteiger partial charge in [0.1, 0.15) is 5.69 Å². The zero-order chi connectivity index (χ0) is 13.1. The number of nitrogens with one attached hydrogen (secondary N) is 3. The molecule has 2 heterocycles. The van der Waals surface area contributed by atoms with Gasteiger partial charge in [0, 0.05) is 18.2 Å². The molecular formula is C14H23ClN4O. The molecular weight excluding hydrogens is 276 g/mol. The molecule has 20 heavy (non-hydrogen) atoms. The maximum absolute atomic E-state index is 11.9. The summed E-state index contributed by atoms with van der Waals surface area (Å²) < 4.78 is 0. The fraction of sp³-hybridized carbons (Fsp3) is 0.714. The second-order valence-electron chi connectivity index (χ2n) is 5.74. The third-order valence-electron chi connectivity index (χ3n) is 4.08. The molecule has 0 bridgehead atoms. The normalized spacial score (nSPS) is 22.1. The number of hydrogen-bond donors (Lipinski definition) is 3. The highest BCUT2D eigenvalue weighted by Gasteiger charge is 2.26. The Labute approximate surface area is 125 Å². The number of halogens is 1. The lowest BCUT2D eigenvalue weighted by molar-refractivity contribution is 0.0945. The summed E-state index contributed by atoms with van der Waals surface area (Å²) in [5.74, 6) is 1.27. The van der Waals surface area contributed by atoms with Crippen LogP contribution in [0.25, 0.3) is 0 Å². The largest absolute Gasteiger partial charge is 0.351 e. The minimum Gasteiger partial charge on any atom is -0.351 e. The van der Waals surface area contributed by atoms with Gasteiger partial charge in [-0.25, -0.2) is 0 Å². The maximum atomic E-state index is 11.9. The van der Waals surface area contributed by atoms with Crippen LogP contribution in [0.1, 0.15) is 54.2 Å². The van der Waals surface area contributed by atoms with Crippen LogP contribution in [-0.2, 0) is 0 Å². The average Bonchev–Trinajstić information content (AvgIpc) is 3.17. The van der Waals surface area contributed by atoms with Gasteiger partial charge >= 0.3 is 0 Å². The van der Waals surface area contributed by atoms with Gasteiger partial charge in [0.05, 0.1) is 0 Å². The van der Waals surface area contributed by atoms with Gasteiger partial charge < -0.3 is 10.6 Å². The predicted molar refractivity (Wildman–Crippen MR) is 80.4 cm³/mol. The van der Waals surface area contributed by atoms with E-state index in [4.69, 9.17) is 0 Å². The topological polar surface area (TPSA) is 69.8 Å². The van der Waals surface area contributed by atoms with Crippen LogP contribution in [0.4, 0.5) is 0 Å². The van der Waals surface area contributed by atoms with Gasteiger partial charge in [0.25, 0.3) is 5.91 Å². The van der Waals surface area contributed by atoms with Crippen molar-refractivity contribution < 1.29 is 4.79 Å². The molecule has 1 aromatic heterocycles.